The Balaban J connectivity index is 2.12. The molecule has 0 saturated heterocycles. The number of aliphatic imine (C=N–C) groups is 2. The number of amides is 1. The summed E-state index contributed by atoms with van der Waals surface area (Å²) in [5.41, 5.74) is 0.520. The van der Waals surface area contributed by atoms with Crippen LogP contribution in [0.3, 0.4) is 0 Å². The van der Waals surface area contributed by atoms with Crippen LogP contribution in [-0.4, -0.2) is 23.5 Å². The molecule has 1 fully saturated rings. The Kier molecular flexibility index (Phi) is 5.51. The number of anilines is 1. The highest BCUT2D eigenvalue weighted by atomic mass is 35.5. The van der Waals surface area contributed by atoms with Crippen LogP contribution in [0.1, 0.15) is 62.9 Å². The first-order chi connectivity index (χ1) is 12.9. The number of rotatable bonds is 5. The number of hydrogen-bond donors (Lipinski definition) is 2. The molecule has 0 radical (unpaired) electrons. The summed E-state index contributed by atoms with van der Waals surface area (Å²) in [5.74, 6) is 0.230. The summed E-state index contributed by atoms with van der Waals surface area (Å²) in [7, 11) is 0. The Labute approximate surface area is 163 Å². The molecule has 2 heterocycles. The largest absolute Gasteiger partial charge is 0.336 e. The van der Waals surface area contributed by atoms with Gasteiger partial charge in [0, 0.05) is 0 Å². The predicted octanol–water partition coefficient (Wildman–Crippen LogP) is 3.64. The number of fused-ring (bicyclic) bond motifs is 2. The molecule has 144 valence electrons. The first-order valence-corrected chi connectivity index (χ1v) is 9.55. The number of carbonyl (C=O) groups excluding carboxylic acids is 1. The standard InChI is InChI=1S/C19H24ClN5O2/c1-4-12(2)16(22-11-21-3)23-14-10-13(20)15-17(26)24-19(25(15)18(14)27)8-6-5-7-9-19/h10-11,23H,3-9H2,1-2H3,(H,24,26)/b16-12-,22-11-. The van der Waals surface area contributed by atoms with Crippen molar-refractivity contribution in [2.75, 3.05) is 5.32 Å². The van der Waals surface area contributed by atoms with E-state index in [1.165, 1.54) is 12.4 Å². The van der Waals surface area contributed by atoms with Crippen LogP contribution in [0, 0.1) is 0 Å². The molecule has 2 aliphatic rings. The third-order valence-corrected chi connectivity index (χ3v) is 5.57. The van der Waals surface area contributed by atoms with E-state index < -0.39 is 5.66 Å². The number of halogens is 1. The summed E-state index contributed by atoms with van der Waals surface area (Å²) in [6, 6.07) is 1.50. The summed E-state index contributed by atoms with van der Waals surface area (Å²) >= 11 is 6.40. The molecule has 27 heavy (non-hydrogen) atoms. The van der Waals surface area contributed by atoms with Crippen molar-refractivity contribution in [3.05, 3.63) is 38.5 Å². The zero-order chi connectivity index (χ0) is 19.6. The van der Waals surface area contributed by atoms with Crippen molar-refractivity contribution in [3.8, 4) is 0 Å². The highest BCUT2D eigenvalue weighted by Crippen LogP contribution is 2.38. The molecular weight excluding hydrogens is 366 g/mol. The monoisotopic (exact) mass is 389 g/mol. The zero-order valence-corrected chi connectivity index (χ0v) is 16.4. The van der Waals surface area contributed by atoms with Crippen LogP contribution in [0.15, 0.2) is 32.2 Å². The van der Waals surface area contributed by atoms with Gasteiger partial charge in [-0.3, -0.25) is 19.1 Å². The SMILES string of the molecule is C=N/C=N\C(Nc1cc(Cl)c2n(c1=O)C1(CCCCC1)NC2=O)=C(/C)CC. The van der Waals surface area contributed by atoms with Gasteiger partial charge in [-0.1, -0.05) is 24.9 Å². The van der Waals surface area contributed by atoms with E-state index in [9.17, 15) is 9.59 Å². The van der Waals surface area contributed by atoms with Gasteiger partial charge in [-0.25, -0.2) is 4.99 Å². The van der Waals surface area contributed by atoms with E-state index in [1.807, 2.05) is 13.8 Å². The van der Waals surface area contributed by atoms with Gasteiger partial charge in [0.1, 0.15) is 29.2 Å². The molecule has 0 atom stereocenters. The molecule has 1 spiro atoms. The maximum atomic E-state index is 13.3. The molecule has 0 bridgehead atoms. The smallest absolute Gasteiger partial charge is 0.276 e. The van der Waals surface area contributed by atoms with Crippen molar-refractivity contribution in [2.24, 2.45) is 9.98 Å². The van der Waals surface area contributed by atoms with Crippen molar-refractivity contribution in [1.82, 2.24) is 9.88 Å². The van der Waals surface area contributed by atoms with Gasteiger partial charge in [0.2, 0.25) is 0 Å². The molecule has 7 nitrogen and oxygen atoms in total. The van der Waals surface area contributed by atoms with E-state index in [0.717, 1.165) is 44.1 Å². The summed E-state index contributed by atoms with van der Waals surface area (Å²) in [6.45, 7) is 7.30. The lowest BCUT2D eigenvalue weighted by atomic mass is 9.89. The van der Waals surface area contributed by atoms with E-state index in [4.69, 9.17) is 11.6 Å². The fourth-order valence-electron chi connectivity index (χ4n) is 3.75. The quantitative estimate of drug-likeness (QED) is 0.595. The number of nitrogens with zero attached hydrogens (tertiary/aromatic N) is 3. The van der Waals surface area contributed by atoms with Gasteiger partial charge in [0.15, 0.2) is 0 Å². The van der Waals surface area contributed by atoms with E-state index in [2.05, 4.69) is 27.3 Å². The van der Waals surface area contributed by atoms with Crippen molar-refractivity contribution in [2.45, 2.75) is 58.0 Å². The fourth-order valence-corrected chi connectivity index (χ4v) is 4.03. The number of allylic oxidation sites excluding steroid dienone is 1. The van der Waals surface area contributed by atoms with Gasteiger partial charge in [-0.2, -0.15) is 0 Å². The average Bonchev–Trinajstić information content (AvgIpc) is 2.94. The minimum atomic E-state index is -0.682. The molecule has 1 aromatic rings. The maximum absolute atomic E-state index is 13.3. The lowest BCUT2D eigenvalue weighted by Gasteiger charge is -2.35. The number of nitrogens with one attached hydrogen (secondary N) is 2. The first kappa shape index (κ1) is 19.4. The van der Waals surface area contributed by atoms with Crippen LogP contribution in [0.4, 0.5) is 5.69 Å². The van der Waals surface area contributed by atoms with E-state index in [-0.39, 0.29) is 27.9 Å². The minimum absolute atomic E-state index is 0.239. The normalized spacial score (nSPS) is 19.0. The lowest BCUT2D eigenvalue weighted by Crippen LogP contribution is -2.48. The van der Waals surface area contributed by atoms with Gasteiger partial charge in [-0.05, 0) is 57.4 Å². The Morgan fingerprint density at radius 3 is 2.74 bits per heavy atom. The van der Waals surface area contributed by atoms with Gasteiger partial charge < -0.3 is 10.6 Å². The number of pyridine rings is 1. The van der Waals surface area contributed by atoms with Crippen molar-refractivity contribution < 1.29 is 4.79 Å². The highest BCUT2D eigenvalue weighted by Gasteiger charge is 2.45. The van der Waals surface area contributed by atoms with Crippen LogP contribution in [0.2, 0.25) is 5.02 Å². The second-order valence-corrected chi connectivity index (χ2v) is 7.38. The molecule has 1 amide bonds. The molecule has 1 saturated carbocycles. The molecule has 8 heteroatoms. The molecule has 0 unspecified atom stereocenters. The summed E-state index contributed by atoms with van der Waals surface area (Å²) in [6.07, 6.45) is 6.52. The van der Waals surface area contributed by atoms with E-state index in [1.54, 1.807) is 4.57 Å². The molecule has 2 N–H and O–H groups in total. The fraction of sp³-hybridized carbons (Fsp3) is 0.474. The van der Waals surface area contributed by atoms with Crippen LogP contribution in [0.25, 0.3) is 0 Å². The Hall–Kier alpha value is -2.41. The molecule has 1 aliphatic carbocycles. The molecule has 1 aromatic heterocycles. The Morgan fingerprint density at radius 2 is 2.11 bits per heavy atom. The van der Waals surface area contributed by atoms with Crippen LogP contribution in [-0.2, 0) is 5.66 Å². The first-order valence-electron chi connectivity index (χ1n) is 9.17. The highest BCUT2D eigenvalue weighted by molar-refractivity contribution is 6.34. The zero-order valence-electron chi connectivity index (χ0n) is 15.6. The van der Waals surface area contributed by atoms with E-state index in [0.29, 0.717) is 5.82 Å². The van der Waals surface area contributed by atoms with Crippen molar-refractivity contribution >= 4 is 36.3 Å². The van der Waals surface area contributed by atoms with Gasteiger partial charge in [0.05, 0.1) is 5.02 Å². The van der Waals surface area contributed by atoms with Crippen molar-refractivity contribution in [1.29, 1.82) is 0 Å². The molecule has 0 aromatic carbocycles. The number of carbonyl (C=O) groups is 1. The van der Waals surface area contributed by atoms with Gasteiger partial charge >= 0.3 is 0 Å². The Morgan fingerprint density at radius 1 is 1.41 bits per heavy atom. The molecular formula is C19H24ClN5O2. The third kappa shape index (κ3) is 3.43. The lowest BCUT2D eigenvalue weighted by molar-refractivity contribution is 0.0877. The number of aromatic nitrogens is 1. The minimum Gasteiger partial charge on any atom is -0.336 e. The van der Waals surface area contributed by atoms with Gasteiger partial charge in [-0.15, -0.1) is 0 Å². The van der Waals surface area contributed by atoms with Gasteiger partial charge in [0.25, 0.3) is 11.5 Å². The topological polar surface area (TPSA) is 87.8 Å². The molecule has 3 rings (SSSR count). The summed E-state index contributed by atoms with van der Waals surface area (Å²) < 4.78 is 1.55. The summed E-state index contributed by atoms with van der Waals surface area (Å²) in [5, 5.41) is 6.34. The second kappa shape index (κ2) is 7.68. The van der Waals surface area contributed by atoms with E-state index >= 15 is 0 Å². The van der Waals surface area contributed by atoms with Crippen LogP contribution in [0.5, 0.6) is 0 Å². The second-order valence-electron chi connectivity index (χ2n) is 6.98. The number of hydrogen-bond acceptors (Lipinski definition) is 4. The van der Waals surface area contributed by atoms with Crippen LogP contribution >= 0.6 is 11.6 Å². The van der Waals surface area contributed by atoms with Crippen molar-refractivity contribution in [3.63, 3.8) is 0 Å². The molecule has 1 aliphatic heterocycles. The average molecular weight is 390 g/mol. The third-order valence-electron chi connectivity index (χ3n) is 5.28. The van der Waals surface area contributed by atoms with Crippen LogP contribution < -0.4 is 16.2 Å². The maximum Gasteiger partial charge on any atom is 0.276 e. The Bertz CT molecular complexity index is 894. The summed E-state index contributed by atoms with van der Waals surface area (Å²) in [4.78, 5) is 33.7. The predicted molar refractivity (Wildman–Crippen MR) is 109 cm³/mol.